The van der Waals surface area contributed by atoms with Crippen molar-refractivity contribution < 1.29 is 17.9 Å². The number of nitrogens with one attached hydrogen (secondary N) is 1. The molecule has 18 heavy (non-hydrogen) atoms. The zero-order valence-corrected chi connectivity index (χ0v) is 10.3. The Morgan fingerprint density at radius 2 is 2.17 bits per heavy atom. The van der Waals surface area contributed by atoms with E-state index < -0.39 is 12.6 Å². The minimum atomic E-state index is -4.10. The molecular formula is C12H17F3N2O. The minimum Gasteiger partial charge on any atom is -0.377 e. The van der Waals surface area contributed by atoms with E-state index in [0.717, 1.165) is 17.9 Å². The fourth-order valence-corrected chi connectivity index (χ4v) is 1.44. The summed E-state index contributed by atoms with van der Waals surface area (Å²) in [6.45, 7) is 3.05. The molecule has 0 spiro atoms. The van der Waals surface area contributed by atoms with E-state index in [9.17, 15) is 13.2 Å². The van der Waals surface area contributed by atoms with E-state index in [2.05, 4.69) is 10.3 Å². The maximum atomic E-state index is 11.9. The molecule has 1 aromatic heterocycles. The molecule has 1 N–H and O–H groups in total. The summed E-state index contributed by atoms with van der Waals surface area (Å²) in [6.07, 6.45) is -3.27. The van der Waals surface area contributed by atoms with Gasteiger partial charge in [-0.05, 0) is 19.4 Å². The Morgan fingerprint density at radius 3 is 2.83 bits per heavy atom. The molecule has 0 fully saturated rings. The first-order chi connectivity index (χ1) is 8.53. The van der Waals surface area contributed by atoms with Gasteiger partial charge in [0.05, 0.1) is 6.61 Å². The Bertz CT molecular complexity index is 355. The van der Waals surface area contributed by atoms with Crippen LogP contribution in [0.15, 0.2) is 18.3 Å². The Balaban J connectivity index is 2.31. The van der Waals surface area contributed by atoms with Crippen LogP contribution < -0.4 is 5.32 Å². The van der Waals surface area contributed by atoms with Gasteiger partial charge in [0.15, 0.2) is 0 Å². The highest BCUT2D eigenvalue weighted by Gasteiger charge is 2.25. The smallest absolute Gasteiger partial charge is 0.377 e. The third-order valence-corrected chi connectivity index (χ3v) is 2.24. The highest BCUT2D eigenvalue weighted by atomic mass is 19.4. The maximum Gasteiger partial charge on any atom is 0.389 e. The van der Waals surface area contributed by atoms with Crippen molar-refractivity contribution in [3.63, 3.8) is 0 Å². The summed E-state index contributed by atoms with van der Waals surface area (Å²) >= 11 is 0. The van der Waals surface area contributed by atoms with Crippen LogP contribution in [-0.2, 0) is 11.3 Å². The molecule has 0 aliphatic rings. The molecule has 0 aliphatic carbocycles. The first-order valence-electron chi connectivity index (χ1n) is 5.85. The van der Waals surface area contributed by atoms with E-state index in [1.165, 1.54) is 0 Å². The summed E-state index contributed by atoms with van der Waals surface area (Å²) in [4.78, 5) is 4.14. The van der Waals surface area contributed by atoms with Gasteiger partial charge < -0.3 is 10.1 Å². The number of hydrogen-bond donors (Lipinski definition) is 1. The summed E-state index contributed by atoms with van der Waals surface area (Å²) in [7, 11) is 0. The Hall–Kier alpha value is -1.30. The van der Waals surface area contributed by atoms with Crippen LogP contribution in [0.1, 0.15) is 25.3 Å². The SMILES string of the molecule is CCNc1ncccc1COCCCC(F)(F)F. The minimum absolute atomic E-state index is 0.0136. The second-order valence-electron chi connectivity index (χ2n) is 3.81. The van der Waals surface area contributed by atoms with E-state index in [1.54, 1.807) is 12.3 Å². The predicted molar refractivity (Wildman–Crippen MR) is 63.3 cm³/mol. The molecule has 0 aromatic carbocycles. The monoisotopic (exact) mass is 262 g/mol. The summed E-state index contributed by atoms with van der Waals surface area (Å²) in [6, 6.07) is 3.62. The number of rotatable bonds is 7. The summed E-state index contributed by atoms with van der Waals surface area (Å²) in [5.74, 6) is 0.718. The van der Waals surface area contributed by atoms with Crippen molar-refractivity contribution in [1.29, 1.82) is 0 Å². The van der Waals surface area contributed by atoms with Crippen molar-refractivity contribution >= 4 is 5.82 Å². The number of alkyl halides is 3. The van der Waals surface area contributed by atoms with Gasteiger partial charge >= 0.3 is 6.18 Å². The molecule has 0 saturated carbocycles. The second kappa shape index (κ2) is 7.20. The third kappa shape index (κ3) is 5.86. The molecular weight excluding hydrogens is 245 g/mol. The molecule has 0 radical (unpaired) electrons. The first-order valence-corrected chi connectivity index (χ1v) is 5.85. The number of aromatic nitrogens is 1. The van der Waals surface area contributed by atoms with Gasteiger partial charge in [0, 0.05) is 31.3 Å². The van der Waals surface area contributed by atoms with Crippen LogP contribution in [0.25, 0.3) is 0 Å². The number of nitrogens with zero attached hydrogens (tertiary/aromatic N) is 1. The molecule has 3 nitrogen and oxygen atoms in total. The molecule has 0 aliphatic heterocycles. The number of ether oxygens (including phenoxy) is 1. The topological polar surface area (TPSA) is 34.2 Å². The lowest BCUT2D eigenvalue weighted by Crippen LogP contribution is -2.09. The summed E-state index contributed by atoms with van der Waals surface area (Å²) in [5.41, 5.74) is 0.853. The Morgan fingerprint density at radius 1 is 1.39 bits per heavy atom. The van der Waals surface area contributed by atoms with Crippen LogP contribution in [-0.4, -0.2) is 24.3 Å². The van der Waals surface area contributed by atoms with Crippen LogP contribution in [0.4, 0.5) is 19.0 Å². The van der Waals surface area contributed by atoms with E-state index in [1.807, 2.05) is 13.0 Å². The van der Waals surface area contributed by atoms with Gasteiger partial charge in [-0.25, -0.2) is 4.98 Å². The standard InChI is InChI=1S/C12H17F3N2O/c1-2-16-11-10(5-3-7-17-11)9-18-8-4-6-12(13,14)15/h3,5,7H,2,4,6,8-9H2,1H3,(H,16,17). The fraction of sp³-hybridized carbons (Fsp3) is 0.583. The van der Waals surface area contributed by atoms with Crippen LogP contribution in [0.3, 0.4) is 0 Å². The van der Waals surface area contributed by atoms with E-state index in [4.69, 9.17) is 4.74 Å². The van der Waals surface area contributed by atoms with Gasteiger partial charge in [0.25, 0.3) is 0 Å². The first kappa shape index (κ1) is 14.8. The average Bonchev–Trinajstić information content (AvgIpc) is 2.29. The van der Waals surface area contributed by atoms with Crippen molar-refractivity contribution in [2.24, 2.45) is 0 Å². The molecule has 0 atom stereocenters. The lowest BCUT2D eigenvalue weighted by molar-refractivity contribution is -0.138. The lowest BCUT2D eigenvalue weighted by atomic mass is 10.2. The third-order valence-electron chi connectivity index (χ3n) is 2.24. The van der Waals surface area contributed by atoms with E-state index in [-0.39, 0.29) is 19.6 Å². The number of pyridine rings is 1. The maximum absolute atomic E-state index is 11.9. The quantitative estimate of drug-likeness (QED) is 0.765. The summed E-state index contributed by atoms with van der Waals surface area (Å²) in [5, 5.41) is 3.07. The molecule has 0 saturated heterocycles. The van der Waals surface area contributed by atoms with Crippen molar-refractivity contribution in [3.8, 4) is 0 Å². The zero-order valence-electron chi connectivity index (χ0n) is 10.3. The van der Waals surface area contributed by atoms with Gasteiger partial charge in [-0.3, -0.25) is 0 Å². The van der Waals surface area contributed by atoms with Crippen LogP contribution in [0.5, 0.6) is 0 Å². The van der Waals surface area contributed by atoms with Gasteiger partial charge in [-0.2, -0.15) is 13.2 Å². The molecule has 0 unspecified atom stereocenters. The van der Waals surface area contributed by atoms with Gasteiger partial charge in [-0.15, -0.1) is 0 Å². The molecule has 0 amide bonds. The van der Waals surface area contributed by atoms with Crippen LogP contribution >= 0.6 is 0 Å². The number of hydrogen-bond acceptors (Lipinski definition) is 3. The second-order valence-corrected chi connectivity index (χ2v) is 3.81. The molecule has 1 aromatic rings. The largest absolute Gasteiger partial charge is 0.389 e. The number of anilines is 1. The van der Waals surface area contributed by atoms with Crippen LogP contribution in [0.2, 0.25) is 0 Å². The normalized spacial score (nSPS) is 11.6. The predicted octanol–water partition coefficient (Wildman–Crippen LogP) is 3.37. The molecule has 1 rings (SSSR count). The van der Waals surface area contributed by atoms with Crippen LogP contribution in [0, 0.1) is 0 Å². The molecule has 1 heterocycles. The molecule has 102 valence electrons. The lowest BCUT2D eigenvalue weighted by Gasteiger charge is -2.10. The highest BCUT2D eigenvalue weighted by molar-refractivity contribution is 5.42. The number of halogens is 3. The average molecular weight is 262 g/mol. The van der Waals surface area contributed by atoms with Gasteiger partial charge in [0.2, 0.25) is 0 Å². The van der Waals surface area contributed by atoms with Crippen molar-refractivity contribution in [2.45, 2.75) is 32.5 Å². The highest BCUT2D eigenvalue weighted by Crippen LogP contribution is 2.21. The van der Waals surface area contributed by atoms with E-state index in [0.29, 0.717) is 0 Å². The summed E-state index contributed by atoms with van der Waals surface area (Å²) < 4.78 is 40.9. The van der Waals surface area contributed by atoms with Crippen molar-refractivity contribution in [2.75, 3.05) is 18.5 Å². The van der Waals surface area contributed by atoms with E-state index >= 15 is 0 Å². The van der Waals surface area contributed by atoms with Gasteiger partial charge in [0.1, 0.15) is 5.82 Å². The zero-order chi connectivity index (χ0) is 13.4. The van der Waals surface area contributed by atoms with Crippen molar-refractivity contribution in [3.05, 3.63) is 23.9 Å². The Kier molecular flexibility index (Phi) is 5.91. The molecule has 0 bridgehead atoms. The Labute approximate surface area is 104 Å². The van der Waals surface area contributed by atoms with Gasteiger partial charge in [-0.1, -0.05) is 6.07 Å². The molecule has 6 heteroatoms. The van der Waals surface area contributed by atoms with Crippen molar-refractivity contribution in [1.82, 2.24) is 4.98 Å². The fourth-order valence-electron chi connectivity index (χ4n) is 1.44.